The second-order valence-electron chi connectivity index (χ2n) is 6.81. The fraction of sp³-hybridized carbons (Fsp3) is 0.450. The predicted octanol–water partition coefficient (Wildman–Crippen LogP) is 3.76. The standard InChI is InChI=1S/C20H25ClN2O3S/c1-3-22(4-2)20(24)16-10-7-13-23(14-16)27(25,26)18-12-6-9-15-8-5-11-17(21)19(15)18/h5-6,8-9,11-12,16H,3-4,7,10,13-14H2,1-2H3. The van der Waals surface area contributed by atoms with Gasteiger partial charge in [0.05, 0.1) is 10.8 Å². The molecule has 1 aliphatic rings. The van der Waals surface area contributed by atoms with Crippen LogP contribution in [0.25, 0.3) is 10.8 Å². The van der Waals surface area contributed by atoms with Gasteiger partial charge in [0.25, 0.3) is 0 Å². The van der Waals surface area contributed by atoms with E-state index in [0.29, 0.717) is 36.5 Å². The summed E-state index contributed by atoms with van der Waals surface area (Å²) in [5.74, 6) is -0.255. The smallest absolute Gasteiger partial charge is 0.243 e. The van der Waals surface area contributed by atoms with E-state index in [0.717, 1.165) is 11.8 Å². The lowest BCUT2D eigenvalue weighted by Gasteiger charge is -2.34. The third-order valence-corrected chi connectivity index (χ3v) is 7.46. The molecule has 1 unspecified atom stereocenters. The van der Waals surface area contributed by atoms with E-state index < -0.39 is 10.0 Å². The molecule has 1 heterocycles. The van der Waals surface area contributed by atoms with Gasteiger partial charge in [-0.25, -0.2) is 8.42 Å². The Morgan fingerprint density at radius 3 is 2.52 bits per heavy atom. The minimum Gasteiger partial charge on any atom is -0.343 e. The molecule has 0 N–H and O–H groups in total. The Bertz CT molecular complexity index is 936. The molecule has 1 atom stereocenters. The molecule has 1 saturated heterocycles. The number of rotatable bonds is 5. The maximum Gasteiger partial charge on any atom is 0.243 e. The SMILES string of the molecule is CCN(CC)C(=O)C1CCCN(S(=O)(=O)c2cccc3cccc(Cl)c23)C1. The molecule has 3 rings (SSSR count). The molecule has 0 aliphatic carbocycles. The molecule has 5 nitrogen and oxygen atoms in total. The van der Waals surface area contributed by atoms with Gasteiger partial charge in [-0.3, -0.25) is 4.79 Å². The molecule has 1 amide bonds. The molecule has 0 aromatic heterocycles. The van der Waals surface area contributed by atoms with Crippen LogP contribution in [-0.4, -0.2) is 49.7 Å². The summed E-state index contributed by atoms with van der Waals surface area (Å²) in [6, 6.07) is 10.5. The zero-order valence-electron chi connectivity index (χ0n) is 15.7. The van der Waals surface area contributed by atoms with E-state index in [-0.39, 0.29) is 23.3 Å². The van der Waals surface area contributed by atoms with Crippen molar-refractivity contribution in [2.45, 2.75) is 31.6 Å². The first-order valence-corrected chi connectivity index (χ1v) is 11.2. The lowest BCUT2D eigenvalue weighted by molar-refractivity contribution is -0.136. The minimum absolute atomic E-state index is 0.0378. The Morgan fingerprint density at radius 2 is 1.85 bits per heavy atom. The van der Waals surface area contributed by atoms with E-state index >= 15 is 0 Å². The number of halogens is 1. The lowest BCUT2D eigenvalue weighted by Crippen LogP contribution is -2.46. The summed E-state index contributed by atoms with van der Waals surface area (Å²) in [6.45, 7) is 5.80. The number of amides is 1. The first-order chi connectivity index (χ1) is 12.9. The molecular formula is C20H25ClN2O3S. The van der Waals surface area contributed by atoms with E-state index in [2.05, 4.69) is 0 Å². The summed E-state index contributed by atoms with van der Waals surface area (Å²) < 4.78 is 28.2. The number of fused-ring (bicyclic) bond motifs is 1. The molecular weight excluding hydrogens is 384 g/mol. The molecule has 0 radical (unpaired) electrons. The van der Waals surface area contributed by atoms with Gasteiger partial charge in [-0.05, 0) is 44.2 Å². The number of nitrogens with zero attached hydrogens (tertiary/aromatic N) is 2. The number of sulfonamides is 1. The summed E-state index contributed by atoms with van der Waals surface area (Å²) in [7, 11) is -3.74. The molecule has 0 saturated carbocycles. The zero-order valence-corrected chi connectivity index (χ0v) is 17.3. The average Bonchev–Trinajstić information content (AvgIpc) is 2.68. The molecule has 27 heavy (non-hydrogen) atoms. The highest BCUT2D eigenvalue weighted by molar-refractivity contribution is 7.89. The number of benzene rings is 2. The lowest BCUT2D eigenvalue weighted by atomic mass is 9.98. The summed E-state index contributed by atoms with van der Waals surface area (Å²) in [6.07, 6.45) is 1.40. The minimum atomic E-state index is -3.74. The van der Waals surface area contributed by atoms with Crippen molar-refractivity contribution in [2.75, 3.05) is 26.2 Å². The van der Waals surface area contributed by atoms with Gasteiger partial charge in [0.2, 0.25) is 15.9 Å². The highest BCUT2D eigenvalue weighted by atomic mass is 35.5. The molecule has 1 fully saturated rings. The highest BCUT2D eigenvalue weighted by Crippen LogP contribution is 2.33. The van der Waals surface area contributed by atoms with Crippen LogP contribution in [-0.2, 0) is 14.8 Å². The first kappa shape index (κ1) is 20.1. The second-order valence-corrected chi connectivity index (χ2v) is 9.12. The van der Waals surface area contributed by atoms with Gasteiger partial charge in [0, 0.05) is 36.6 Å². The van der Waals surface area contributed by atoms with Crippen LogP contribution in [0.2, 0.25) is 5.02 Å². The largest absolute Gasteiger partial charge is 0.343 e. The third kappa shape index (κ3) is 3.84. The van der Waals surface area contributed by atoms with Gasteiger partial charge < -0.3 is 4.90 Å². The molecule has 0 bridgehead atoms. The van der Waals surface area contributed by atoms with Crippen LogP contribution < -0.4 is 0 Å². The van der Waals surface area contributed by atoms with Crippen molar-refractivity contribution >= 4 is 38.3 Å². The summed E-state index contributed by atoms with van der Waals surface area (Å²) in [5, 5.41) is 1.75. The van der Waals surface area contributed by atoms with Crippen LogP contribution in [0.3, 0.4) is 0 Å². The number of hydrogen-bond acceptors (Lipinski definition) is 3. The Kier molecular flexibility index (Phi) is 6.08. The van der Waals surface area contributed by atoms with Crippen molar-refractivity contribution in [1.29, 1.82) is 0 Å². The van der Waals surface area contributed by atoms with Crippen molar-refractivity contribution in [3.8, 4) is 0 Å². The molecule has 2 aromatic carbocycles. The first-order valence-electron chi connectivity index (χ1n) is 9.36. The monoisotopic (exact) mass is 408 g/mol. The Balaban J connectivity index is 1.95. The van der Waals surface area contributed by atoms with E-state index in [1.165, 1.54) is 4.31 Å². The molecule has 2 aromatic rings. The van der Waals surface area contributed by atoms with E-state index in [1.807, 2.05) is 26.0 Å². The van der Waals surface area contributed by atoms with Crippen LogP contribution in [0.1, 0.15) is 26.7 Å². The number of piperidine rings is 1. The van der Waals surface area contributed by atoms with Crippen LogP contribution in [0.5, 0.6) is 0 Å². The van der Waals surface area contributed by atoms with Crippen molar-refractivity contribution in [3.05, 3.63) is 41.4 Å². The molecule has 1 aliphatic heterocycles. The Labute approximate surface area is 166 Å². The van der Waals surface area contributed by atoms with Gasteiger partial charge in [-0.1, -0.05) is 35.9 Å². The maximum absolute atomic E-state index is 13.4. The topological polar surface area (TPSA) is 57.7 Å². The third-order valence-electron chi connectivity index (χ3n) is 5.24. The van der Waals surface area contributed by atoms with Crippen molar-refractivity contribution < 1.29 is 13.2 Å². The van der Waals surface area contributed by atoms with Crippen LogP contribution in [0, 0.1) is 5.92 Å². The Hall–Kier alpha value is -1.63. The van der Waals surface area contributed by atoms with E-state index in [1.54, 1.807) is 29.2 Å². The van der Waals surface area contributed by atoms with Gasteiger partial charge in [0.1, 0.15) is 0 Å². The highest BCUT2D eigenvalue weighted by Gasteiger charge is 2.35. The van der Waals surface area contributed by atoms with E-state index in [4.69, 9.17) is 11.6 Å². The number of hydrogen-bond donors (Lipinski definition) is 0. The van der Waals surface area contributed by atoms with Crippen molar-refractivity contribution in [1.82, 2.24) is 9.21 Å². The number of carbonyl (C=O) groups is 1. The Morgan fingerprint density at radius 1 is 1.19 bits per heavy atom. The van der Waals surface area contributed by atoms with Crippen LogP contribution >= 0.6 is 11.6 Å². The predicted molar refractivity (Wildman–Crippen MR) is 108 cm³/mol. The summed E-state index contributed by atoms with van der Waals surface area (Å²) in [4.78, 5) is 14.7. The quantitative estimate of drug-likeness (QED) is 0.756. The van der Waals surface area contributed by atoms with Gasteiger partial charge >= 0.3 is 0 Å². The molecule has 146 valence electrons. The molecule has 0 spiro atoms. The maximum atomic E-state index is 13.4. The van der Waals surface area contributed by atoms with Crippen LogP contribution in [0.4, 0.5) is 0 Å². The van der Waals surface area contributed by atoms with Crippen molar-refractivity contribution in [2.24, 2.45) is 5.92 Å². The fourth-order valence-corrected chi connectivity index (χ4v) is 5.87. The summed E-state index contributed by atoms with van der Waals surface area (Å²) >= 11 is 6.32. The summed E-state index contributed by atoms with van der Waals surface area (Å²) in [5.41, 5.74) is 0. The number of carbonyl (C=O) groups excluding carboxylic acids is 1. The zero-order chi connectivity index (χ0) is 19.6. The molecule has 7 heteroatoms. The normalized spacial score (nSPS) is 18.6. The average molecular weight is 409 g/mol. The van der Waals surface area contributed by atoms with Crippen molar-refractivity contribution in [3.63, 3.8) is 0 Å². The van der Waals surface area contributed by atoms with Gasteiger partial charge in [-0.2, -0.15) is 4.31 Å². The van der Waals surface area contributed by atoms with E-state index in [9.17, 15) is 13.2 Å². The van der Waals surface area contributed by atoms with Gasteiger partial charge in [-0.15, -0.1) is 0 Å². The van der Waals surface area contributed by atoms with Gasteiger partial charge in [0.15, 0.2) is 0 Å². The second kappa shape index (κ2) is 8.17. The van der Waals surface area contributed by atoms with Crippen LogP contribution in [0.15, 0.2) is 41.3 Å². The fourth-order valence-electron chi connectivity index (χ4n) is 3.77.